The van der Waals surface area contributed by atoms with Crippen molar-refractivity contribution in [2.24, 2.45) is 5.92 Å². The number of hydrogen-bond acceptors (Lipinski definition) is 0. The van der Waals surface area contributed by atoms with Crippen molar-refractivity contribution in [3.63, 3.8) is 0 Å². The summed E-state index contributed by atoms with van der Waals surface area (Å²) in [6.07, 6.45) is 6.82. The number of fused-ring (bicyclic) bond motifs is 1. The van der Waals surface area contributed by atoms with Gasteiger partial charge >= 0.3 is 0 Å². The Morgan fingerprint density at radius 1 is 0.960 bits per heavy atom. The van der Waals surface area contributed by atoms with Crippen molar-refractivity contribution in [3.05, 3.63) is 112 Å². The van der Waals surface area contributed by atoms with Crippen LogP contribution in [-0.4, -0.2) is 0 Å². The minimum atomic E-state index is 0.494. The molecule has 0 amide bonds. The molecule has 0 radical (unpaired) electrons. The van der Waals surface area contributed by atoms with E-state index >= 15 is 0 Å². The van der Waals surface area contributed by atoms with Gasteiger partial charge in [-0.1, -0.05) is 78.9 Å². The fourth-order valence-electron chi connectivity index (χ4n) is 4.11. The highest BCUT2D eigenvalue weighted by Gasteiger charge is 2.28. The number of benzene rings is 2. The highest BCUT2D eigenvalue weighted by molar-refractivity contribution is 5.80. The quantitative estimate of drug-likeness (QED) is 0.608. The van der Waals surface area contributed by atoms with Gasteiger partial charge in [-0.2, -0.15) is 0 Å². The van der Waals surface area contributed by atoms with Crippen LogP contribution in [-0.2, 0) is 6.42 Å². The lowest BCUT2D eigenvalue weighted by molar-refractivity contribution is 0.761. The number of hydrogen-bond donors (Lipinski definition) is 0. The average Bonchev–Trinajstić information content (AvgIpc) is 2.93. The van der Waals surface area contributed by atoms with Crippen molar-refractivity contribution in [2.75, 3.05) is 0 Å². The van der Waals surface area contributed by atoms with Crippen LogP contribution in [0.1, 0.15) is 30.0 Å². The third-order valence-corrected chi connectivity index (χ3v) is 5.58. The summed E-state index contributed by atoms with van der Waals surface area (Å²) in [6.45, 7) is 8.86. The molecule has 0 saturated heterocycles. The van der Waals surface area contributed by atoms with E-state index in [4.69, 9.17) is 0 Å². The first kappa shape index (κ1) is 15.9. The van der Waals surface area contributed by atoms with Crippen molar-refractivity contribution in [2.45, 2.75) is 26.7 Å². The van der Waals surface area contributed by atoms with Gasteiger partial charge in [0.2, 0.25) is 0 Å². The molecule has 2 aliphatic carbocycles. The zero-order chi connectivity index (χ0) is 17.4. The maximum absolute atomic E-state index is 4.36. The summed E-state index contributed by atoms with van der Waals surface area (Å²) < 4.78 is 0. The minimum absolute atomic E-state index is 0.494. The van der Waals surface area contributed by atoms with Crippen molar-refractivity contribution in [3.8, 4) is 0 Å². The number of aryl methyl sites for hydroxylation is 1. The molecule has 124 valence electrons. The van der Waals surface area contributed by atoms with Gasteiger partial charge in [0.1, 0.15) is 0 Å². The molecule has 0 spiro atoms. The molecule has 0 heteroatoms. The van der Waals surface area contributed by atoms with Crippen LogP contribution >= 0.6 is 0 Å². The van der Waals surface area contributed by atoms with Gasteiger partial charge in [-0.15, -0.1) is 0 Å². The molecule has 0 saturated carbocycles. The van der Waals surface area contributed by atoms with Crippen molar-refractivity contribution >= 4 is 5.57 Å². The molecule has 2 aromatic carbocycles. The van der Waals surface area contributed by atoms with Crippen molar-refractivity contribution in [1.29, 1.82) is 0 Å². The van der Waals surface area contributed by atoms with Crippen molar-refractivity contribution < 1.29 is 0 Å². The lowest BCUT2D eigenvalue weighted by Gasteiger charge is -2.21. The van der Waals surface area contributed by atoms with Gasteiger partial charge in [0, 0.05) is 5.92 Å². The molecular weight excluding hydrogens is 300 g/mol. The molecule has 25 heavy (non-hydrogen) atoms. The summed E-state index contributed by atoms with van der Waals surface area (Å²) in [5.74, 6) is 0.494. The topological polar surface area (TPSA) is 0 Å². The fraction of sp³-hybridized carbons (Fsp3) is 0.200. The summed E-state index contributed by atoms with van der Waals surface area (Å²) in [6, 6.07) is 19.5. The Morgan fingerprint density at radius 3 is 2.44 bits per heavy atom. The summed E-state index contributed by atoms with van der Waals surface area (Å²) in [7, 11) is 0. The Labute approximate surface area is 150 Å². The smallest absolute Gasteiger partial charge is 0.00298 e. The molecular formula is C25H24. The molecule has 2 aromatic rings. The second-order valence-electron chi connectivity index (χ2n) is 7.22. The number of rotatable bonds is 3. The summed E-state index contributed by atoms with van der Waals surface area (Å²) in [4.78, 5) is 0. The van der Waals surface area contributed by atoms with E-state index in [1.807, 2.05) is 0 Å². The van der Waals surface area contributed by atoms with E-state index in [2.05, 4.69) is 87.2 Å². The van der Waals surface area contributed by atoms with E-state index in [0.29, 0.717) is 5.92 Å². The predicted molar refractivity (Wildman–Crippen MR) is 107 cm³/mol. The highest BCUT2D eigenvalue weighted by Crippen LogP contribution is 2.45. The summed E-state index contributed by atoms with van der Waals surface area (Å²) in [5.41, 5.74) is 11.0. The van der Waals surface area contributed by atoms with Gasteiger partial charge in [-0.3, -0.25) is 0 Å². The Balaban J connectivity index is 1.66. The monoisotopic (exact) mass is 324 g/mol. The van der Waals surface area contributed by atoms with Gasteiger partial charge in [-0.05, 0) is 65.7 Å². The van der Waals surface area contributed by atoms with E-state index in [-0.39, 0.29) is 0 Å². The molecule has 0 N–H and O–H groups in total. The third kappa shape index (κ3) is 2.93. The number of allylic oxidation sites excluding steroid dienone is 7. The molecule has 2 aliphatic rings. The zero-order valence-electron chi connectivity index (χ0n) is 15.0. The Kier molecular flexibility index (Phi) is 4.05. The van der Waals surface area contributed by atoms with Crippen LogP contribution in [0.2, 0.25) is 0 Å². The van der Waals surface area contributed by atoms with Crippen LogP contribution in [0.4, 0.5) is 0 Å². The standard InChI is InChI=1S/C25H24/c1-17-9-7-8-12-23(17)22-13-18(2)24-15-21(19(3)25(24)16-22)14-20-10-5-4-6-11-20/h4-13,15,21H,2,14,16H2,1,3H3. The normalized spacial score (nSPS) is 19.6. The Morgan fingerprint density at radius 2 is 1.68 bits per heavy atom. The maximum atomic E-state index is 4.36. The van der Waals surface area contributed by atoms with Crippen LogP contribution in [0.5, 0.6) is 0 Å². The largest absolute Gasteiger partial charge is 0.0912 e. The SMILES string of the molecule is C=C1C=C(c2ccccc2C)CC2=C(C)C(Cc3ccccc3)C=C12. The Bertz CT molecular complexity index is 920. The van der Waals surface area contributed by atoms with E-state index < -0.39 is 0 Å². The second-order valence-corrected chi connectivity index (χ2v) is 7.22. The molecule has 0 nitrogen and oxygen atoms in total. The minimum Gasteiger partial charge on any atom is -0.0912 e. The molecule has 1 atom stereocenters. The third-order valence-electron chi connectivity index (χ3n) is 5.58. The fourth-order valence-corrected chi connectivity index (χ4v) is 4.11. The predicted octanol–water partition coefficient (Wildman–Crippen LogP) is 6.45. The molecule has 0 bridgehead atoms. The van der Waals surface area contributed by atoms with E-state index in [1.54, 1.807) is 0 Å². The van der Waals surface area contributed by atoms with Gasteiger partial charge < -0.3 is 0 Å². The van der Waals surface area contributed by atoms with E-state index in [9.17, 15) is 0 Å². The van der Waals surface area contributed by atoms with E-state index in [0.717, 1.165) is 18.4 Å². The zero-order valence-corrected chi connectivity index (χ0v) is 15.0. The van der Waals surface area contributed by atoms with Crippen LogP contribution < -0.4 is 0 Å². The highest BCUT2D eigenvalue weighted by atomic mass is 14.3. The van der Waals surface area contributed by atoms with Crippen LogP contribution in [0.3, 0.4) is 0 Å². The second kappa shape index (κ2) is 6.37. The summed E-state index contributed by atoms with van der Waals surface area (Å²) >= 11 is 0. The van der Waals surface area contributed by atoms with Crippen molar-refractivity contribution in [1.82, 2.24) is 0 Å². The molecule has 0 aromatic heterocycles. The van der Waals surface area contributed by atoms with Crippen LogP contribution in [0.15, 0.2) is 95.6 Å². The Hall–Kier alpha value is -2.60. The first-order chi connectivity index (χ1) is 12.1. The molecule has 0 aliphatic heterocycles. The van der Waals surface area contributed by atoms with Gasteiger partial charge in [0.15, 0.2) is 0 Å². The lowest BCUT2D eigenvalue weighted by atomic mass is 9.83. The van der Waals surface area contributed by atoms with Gasteiger partial charge in [-0.25, -0.2) is 0 Å². The van der Waals surface area contributed by atoms with E-state index in [1.165, 1.54) is 39.0 Å². The lowest BCUT2D eigenvalue weighted by Crippen LogP contribution is -2.03. The van der Waals surface area contributed by atoms with Gasteiger partial charge in [0.25, 0.3) is 0 Å². The average molecular weight is 324 g/mol. The first-order valence-corrected chi connectivity index (χ1v) is 9.05. The molecule has 4 rings (SSSR count). The van der Waals surface area contributed by atoms with Crippen LogP contribution in [0, 0.1) is 12.8 Å². The maximum Gasteiger partial charge on any atom is 0.00298 e. The molecule has 0 heterocycles. The molecule has 0 fully saturated rings. The van der Waals surface area contributed by atoms with Gasteiger partial charge in [0.05, 0.1) is 0 Å². The first-order valence-electron chi connectivity index (χ1n) is 9.05. The van der Waals surface area contributed by atoms with Crippen LogP contribution in [0.25, 0.3) is 5.57 Å². The summed E-state index contributed by atoms with van der Waals surface area (Å²) in [5, 5.41) is 0. The molecule has 1 unspecified atom stereocenters.